The molecule has 0 fully saturated rings. The van der Waals surface area contributed by atoms with E-state index in [-0.39, 0.29) is 23.7 Å². The third-order valence-corrected chi connectivity index (χ3v) is 4.05. The molecule has 7 nitrogen and oxygen atoms in total. The third kappa shape index (κ3) is 3.97. The molecule has 0 aliphatic rings. The summed E-state index contributed by atoms with van der Waals surface area (Å²) in [6.07, 6.45) is 0. The number of aromatic nitrogens is 1. The summed E-state index contributed by atoms with van der Waals surface area (Å²) >= 11 is 6.37. The number of halogens is 1. The topological polar surface area (TPSA) is 117 Å². The van der Waals surface area contributed by atoms with Crippen LogP contribution in [0.1, 0.15) is 18.2 Å². The van der Waals surface area contributed by atoms with Gasteiger partial charge in [0.15, 0.2) is 0 Å². The van der Waals surface area contributed by atoms with Crippen LogP contribution in [0.5, 0.6) is 5.88 Å². The maximum Gasteiger partial charge on any atom is 0.235 e. The van der Waals surface area contributed by atoms with Gasteiger partial charge in [0.05, 0.1) is 17.3 Å². The number of nitrogen functional groups attached to an aromatic ring is 1. The highest BCUT2D eigenvalue weighted by Crippen LogP contribution is 2.33. The van der Waals surface area contributed by atoms with E-state index >= 15 is 0 Å². The number of aliphatic hydroxyl groups excluding tert-OH is 1. The molecule has 138 valence electrons. The second-order valence-electron chi connectivity index (χ2n) is 5.57. The molecule has 0 saturated heterocycles. The van der Waals surface area contributed by atoms with E-state index in [2.05, 4.69) is 10.3 Å². The van der Waals surface area contributed by atoms with Crippen molar-refractivity contribution in [3.8, 4) is 23.3 Å². The van der Waals surface area contributed by atoms with Crippen molar-refractivity contribution in [1.82, 2.24) is 4.98 Å². The Hall–Kier alpha value is -3.21. The lowest BCUT2D eigenvalue weighted by molar-refractivity contribution is 0.248. The number of hydrogen-bond acceptors (Lipinski definition) is 7. The van der Waals surface area contributed by atoms with Gasteiger partial charge >= 0.3 is 0 Å². The van der Waals surface area contributed by atoms with Crippen molar-refractivity contribution in [2.75, 3.05) is 17.7 Å². The van der Waals surface area contributed by atoms with Gasteiger partial charge in [0.2, 0.25) is 5.88 Å². The fourth-order valence-electron chi connectivity index (χ4n) is 2.51. The van der Waals surface area contributed by atoms with Crippen LogP contribution >= 0.6 is 11.6 Å². The molecule has 3 aromatic rings. The highest BCUT2D eigenvalue weighted by molar-refractivity contribution is 6.33. The number of nitrogens with one attached hydrogen (secondary N) is 1. The number of ether oxygens (including phenoxy) is 1. The molecular formula is C19H17ClN4O3. The average Bonchev–Trinajstić information content (AvgIpc) is 3.11. The highest BCUT2D eigenvalue weighted by atomic mass is 35.5. The van der Waals surface area contributed by atoms with Gasteiger partial charge in [-0.15, -0.1) is 0 Å². The van der Waals surface area contributed by atoms with Crippen LogP contribution in [0.15, 0.2) is 40.8 Å². The number of nitriles is 1. The SMILES string of the molecule is CCOc1nc(Nc2ccc(-c3ccc(CO)o3)c(Cl)c2)cc(N)c1C#N. The number of benzene rings is 1. The molecule has 0 amide bonds. The molecule has 8 heteroatoms. The maximum absolute atomic E-state index is 9.19. The van der Waals surface area contributed by atoms with Crippen LogP contribution in [0, 0.1) is 11.3 Å². The van der Waals surface area contributed by atoms with E-state index in [1.165, 1.54) is 0 Å². The molecule has 0 radical (unpaired) electrons. The summed E-state index contributed by atoms with van der Waals surface area (Å²) in [5, 5.41) is 21.9. The standard InChI is InChI=1S/C19H17ClN4O3/c1-2-26-19-14(9-21)16(22)8-18(24-19)23-11-3-5-13(15(20)7-11)17-6-4-12(10-25)27-17/h3-8,25H,2,10H2,1H3,(H3,22,23,24). The zero-order valence-corrected chi connectivity index (χ0v) is 15.2. The molecule has 2 aromatic heterocycles. The van der Waals surface area contributed by atoms with Crippen molar-refractivity contribution < 1.29 is 14.3 Å². The molecule has 3 rings (SSSR count). The first-order valence-electron chi connectivity index (χ1n) is 8.15. The smallest absolute Gasteiger partial charge is 0.235 e. The summed E-state index contributed by atoms with van der Waals surface area (Å²) in [4.78, 5) is 4.29. The minimum absolute atomic E-state index is 0.175. The zero-order chi connectivity index (χ0) is 19.4. The monoisotopic (exact) mass is 384 g/mol. The van der Waals surface area contributed by atoms with Crippen LogP contribution in [0.3, 0.4) is 0 Å². The van der Waals surface area contributed by atoms with Gasteiger partial charge in [-0.2, -0.15) is 10.2 Å². The van der Waals surface area contributed by atoms with E-state index in [0.29, 0.717) is 40.2 Å². The fourth-order valence-corrected chi connectivity index (χ4v) is 2.78. The van der Waals surface area contributed by atoms with Crippen LogP contribution < -0.4 is 15.8 Å². The zero-order valence-electron chi connectivity index (χ0n) is 14.5. The van der Waals surface area contributed by atoms with Gasteiger partial charge < -0.3 is 25.3 Å². The Bertz CT molecular complexity index is 1010. The Balaban J connectivity index is 1.88. The van der Waals surface area contributed by atoms with Gasteiger partial charge in [-0.3, -0.25) is 0 Å². The van der Waals surface area contributed by atoms with Crippen molar-refractivity contribution in [2.45, 2.75) is 13.5 Å². The Morgan fingerprint density at radius 2 is 2.15 bits per heavy atom. The molecule has 0 saturated carbocycles. The quantitative estimate of drug-likeness (QED) is 0.585. The highest BCUT2D eigenvalue weighted by Gasteiger charge is 2.13. The second kappa shape index (κ2) is 7.99. The third-order valence-electron chi connectivity index (χ3n) is 3.73. The Kier molecular flexibility index (Phi) is 5.50. The molecule has 0 unspecified atom stereocenters. The van der Waals surface area contributed by atoms with Crippen molar-refractivity contribution in [1.29, 1.82) is 5.26 Å². The predicted octanol–water partition coefficient (Wildman–Crippen LogP) is 4.08. The molecule has 27 heavy (non-hydrogen) atoms. The lowest BCUT2D eigenvalue weighted by Crippen LogP contribution is -2.04. The van der Waals surface area contributed by atoms with Gasteiger partial charge in [-0.1, -0.05) is 11.6 Å². The molecule has 1 aromatic carbocycles. The number of nitrogens with zero attached hydrogens (tertiary/aromatic N) is 2. The number of anilines is 3. The lowest BCUT2D eigenvalue weighted by atomic mass is 10.1. The van der Waals surface area contributed by atoms with E-state index in [0.717, 1.165) is 0 Å². The van der Waals surface area contributed by atoms with Crippen LogP contribution in [-0.4, -0.2) is 16.7 Å². The summed E-state index contributed by atoms with van der Waals surface area (Å²) in [5.74, 6) is 1.63. The van der Waals surface area contributed by atoms with Crippen molar-refractivity contribution in [3.05, 3.63) is 52.7 Å². The molecular weight excluding hydrogens is 368 g/mol. The van der Waals surface area contributed by atoms with Crippen LogP contribution in [0.4, 0.5) is 17.2 Å². The van der Waals surface area contributed by atoms with Gasteiger partial charge in [-0.05, 0) is 37.3 Å². The molecule has 0 aliphatic carbocycles. The van der Waals surface area contributed by atoms with Crippen molar-refractivity contribution in [3.63, 3.8) is 0 Å². The van der Waals surface area contributed by atoms with Crippen molar-refractivity contribution in [2.24, 2.45) is 0 Å². The van der Waals surface area contributed by atoms with Gasteiger partial charge in [0.1, 0.15) is 35.6 Å². The van der Waals surface area contributed by atoms with Gasteiger partial charge in [0, 0.05) is 17.3 Å². The van der Waals surface area contributed by atoms with Crippen LogP contribution in [-0.2, 0) is 6.61 Å². The average molecular weight is 385 g/mol. The molecule has 0 atom stereocenters. The first-order valence-corrected chi connectivity index (χ1v) is 8.53. The molecule has 0 spiro atoms. The fraction of sp³-hybridized carbons (Fsp3) is 0.158. The van der Waals surface area contributed by atoms with E-state index in [1.54, 1.807) is 43.3 Å². The Morgan fingerprint density at radius 3 is 2.78 bits per heavy atom. The van der Waals surface area contributed by atoms with Crippen LogP contribution in [0.25, 0.3) is 11.3 Å². The number of rotatable bonds is 6. The number of aliphatic hydroxyl groups is 1. The summed E-state index contributed by atoms with van der Waals surface area (Å²) in [6.45, 7) is 1.99. The summed E-state index contributed by atoms with van der Waals surface area (Å²) in [5.41, 5.74) is 7.77. The molecule has 2 heterocycles. The molecule has 0 aliphatic heterocycles. The minimum atomic E-state index is -0.175. The summed E-state index contributed by atoms with van der Waals surface area (Å²) < 4.78 is 10.9. The molecule has 4 N–H and O–H groups in total. The molecule has 0 bridgehead atoms. The minimum Gasteiger partial charge on any atom is -0.477 e. The normalized spacial score (nSPS) is 10.4. The summed E-state index contributed by atoms with van der Waals surface area (Å²) in [6, 6.07) is 12.3. The van der Waals surface area contributed by atoms with E-state index in [1.807, 2.05) is 6.07 Å². The summed E-state index contributed by atoms with van der Waals surface area (Å²) in [7, 11) is 0. The Labute approximate surface area is 161 Å². The largest absolute Gasteiger partial charge is 0.477 e. The maximum atomic E-state index is 9.19. The first kappa shape index (κ1) is 18.6. The van der Waals surface area contributed by atoms with Gasteiger partial charge in [0.25, 0.3) is 0 Å². The number of furan rings is 1. The van der Waals surface area contributed by atoms with E-state index < -0.39 is 0 Å². The number of pyridine rings is 1. The van der Waals surface area contributed by atoms with E-state index in [4.69, 9.17) is 31.6 Å². The van der Waals surface area contributed by atoms with Crippen molar-refractivity contribution >= 4 is 28.8 Å². The number of nitrogens with two attached hydrogens (primary N) is 1. The van der Waals surface area contributed by atoms with E-state index in [9.17, 15) is 5.26 Å². The predicted molar refractivity (Wildman–Crippen MR) is 103 cm³/mol. The second-order valence-corrected chi connectivity index (χ2v) is 5.97. The Morgan fingerprint density at radius 1 is 1.33 bits per heavy atom. The first-order chi connectivity index (χ1) is 13.0. The number of hydrogen-bond donors (Lipinski definition) is 3. The van der Waals surface area contributed by atoms with Gasteiger partial charge in [-0.25, -0.2) is 0 Å². The van der Waals surface area contributed by atoms with Crippen LogP contribution in [0.2, 0.25) is 5.02 Å². The lowest BCUT2D eigenvalue weighted by Gasteiger charge is -2.12.